The van der Waals surface area contributed by atoms with E-state index in [9.17, 15) is 4.79 Å². The van der Waals surface area contributed by atoms with Crippen LogP contribution in [0.5, 0.6) is 5.75 Å². The van der Waals surface area contributed by atoms with E-state index >= 15 is 0 Å². The van der Waals surface area contributed by atoms with Gasteiger partial charge in [-0.2, -0.15) is 0 Å². The maximum Gasteiger partial charge on any atom is 0.262 e. The summed E-state index contributed by atoms with van der Waals surface area (Å²) in [6, 6.07) is 11.1. The lowest BCUT2D eigenvalue weighted by Crippen LogP contribution is -2.30. The third-order valence-corrected chi connectivity index (χ3v) is 4.80. The highest BCUT2D eigenvalue weighted by atomic mass is 35.5. The summed E-state index contributed by atoms with van der Waals surface area (Å²) in [5, 5.41) is 3.73. The summed E-state index contributed by atoms with van der Waals surface area (Å²) in [6.07, 6.45) is 0. The van der Waals surface area contributed by atoms with Crippen LogP contribution in [0.15, 0.2) is 36.4 Å². The Balaban J connectivity index is 1.95. The summed E-state index contributed by atoms with van der Waals surface area (Å²) in [6.45, 7) is 7.13. The van der Waals surface area contributed by atoms with Crippen molar-refractivity contribution in [3.8, 4) is 5.75 Å². The van der Waals surface area contributed by atoms with Crippen molar-refractivity contribution >= 4 is 52.1 Å². The molecule has 0 aliphatic heterocycles. The van der Waals surface area contributed by atoms with Crippen LogP contribution in [0.4, 0.5) is 11.4 Å². The number of hydrogen-bond acceptors (Lipinski definition) is 3. The molecule has 0 heterocycles. The largest absolute Gasteiger partial charge is 0.482 e. The maximum atomic E-state index is 12.1. The van der Waals surface area contributed by atoms with Gasteiger partial charge >= 0.3 is 0 Å². The SMILES string of the molecule is CCN(c1ccc(NC(=O)COc2cc(Cl)c(Cl)cc2Cl)cc1)C(C)C. The first-order chi connectivity index (χ1) is 12.3. The number of benzene rings is 2. The van der Waals surface area contributed by atoms with Gasteiger partial charge in [-0.3, -0.25) is 4.79 Å². The minimum Gasteiger partial charge on any atom is -0.482 e. The van der Waals surface area contributed by atoms with E-state index in [1.807, 2.05) is 24.3 Å². The molecule has 140 valence electrons. The standard InChI is InChI=1S/C19H21Cl3N2O2/c1-4-24(12(2)3)14-7-5-13(6-8-14)23-19(25)11-26-18-10-16(21)15(20)9-17(18)22/h5-10,12H,4,11H2,1-3H3,(H,23,25). The van der Waals surface area contributed by atoms with Crippen molar-refractivity contribution in [3.63, 3.8) is 0 Å². The van der Waals surface area contributed by atoms with Crippen LogP contribution in [-0.2, 0) is 4.79 Å². The second-order valence-corrected chi connectivity index (χ2v) is 7.18. The molecule has 2 aromatic carbocycles. The second-order valence-electron chi connectivity index (χ2n) is 5.96. The molecule has 2 rings (SSSR count). The number of rotatable bonds is 7. The van der Waals surface area contributed by atoms with E-state index in [0.717, 1.165) is 12.2 Å². The van der Waals surface area contributed by atoms with Gasteiger partial charge in [-0.1, -0.05) is 34.8 Å². The van der Waals surface area contributed by atoms with E-state index in [2.05, 4.69) is 31.0 Å². The molecule has 7 heteroatoms. The zero-order valence-corrected chi connectivity index (χ0v) is 17.1. The molecule has 4 nitrogen and oxygen atoms in total. The van der Waals surface area contributed by atoms with Gasteiger partial charge in [0.15, 0.2) is 6.61 Å². The predicted molar refractivity (Wildman–Crippen MR) is 110 cm³/mol. The highest BCUT2D eigenvalue weighted by molar-refractivity contribution is 6.43. The van der Waals surface area contributed by atoms with Crippen LogP contribution in [0.1, 0.15) is 20.8 Å². The van der Waals surface area contributed by atoms with Gasteiger partial charge in [-0.05, 0) is 51.1 Å². The zero-order valence-electron chi connectivity index (χ0n) is 14.9. The molecule has 0 aromatic heterocycles. The highest BCUT2D eigenvalue weighted by Gasteiger charge is 2.11. The quantitative estimate of drug-likeness (QED) is 0.572. The molecule has 1 N–H and O–H groups in total. The Bertz CT molecular complexity index is 764. The topological polar surface area (TPSA) is 41.6 Å². The molecule has 26 heavy (non-hydrogen) atoms. The molecule has 0 bridgehead atoms. The van der Waals surface area contributed by atoms with Crippen LogP contribution in [0.3, 0.4) is 0 Å². The van der Waals surface area contributed by atoms with E-state index in [-0.39, 0.29) is 12.5 Å². The Kier molecular flexibility index (Phi) is 7.44. The number of halogens is 3. The summed E-state index contributed by atoms with van der Waals surface area (Å²) in [5.41, 5.74) is 1.81. The van der Waals surface area contributed by atoms with E-state index in [4.69, 9.17) is 39.5 Å². The Hall–Kier alpha value is -1.62. The fourth-order valence-corrected chi connectivity index (χ4v) is 3.13. The number of hydrogen-bond donors (Lipinski definition) is 1. The van der Waals surface area contributed by atoms with Crippen molar-refractivity contribution < 1.29 is 9.53 Å². The molecule has 0 aliphatic carbocycles. The number of carbonyl (C=O) groups is 1. The molecular formula is C19H21Cl3N2O2. The Morgan fingerprint density at radius 3 is 2.27 bits per heavy atom. The average Bonchev–Trinajstić information content (AvgIpc) is 2.59. The number of amides is 1. The smallest absolute Gasteiger partial charge is 0.262 e. The summed E-state index contributed by atoms with van der Waals surface area (Å²) >= 11 is 17.8. The first-order valence-corrected chi connectivity index (χ1v) is 9.39. The third-order valence-electron chi connectivity index (χ3n) is 3.78. The molecule has 0 saturated heterocycles. The van der Waals surface area contributed by atoms with Gasteiger partial charge in [0.05, 0.1) is 15.1 Å². The number of nitrogens with zero attached hydrogens (tertiary/aromatic N) is 1. The number of nitrogens with one attached hydrogen (secondary N) is 1. The van der Waals surface area contributed by atoms with Crippen LogP contribution >= 0.6 is 34.8 Å². The van der Waals surface area contributed by atoms with Gasteiger partial charge in [0.2, 0.25) is 0 Å². The fraction of sp³-hybridized carbons (Fsp3) is 0.316. The number of carbonyl (C=O) groups excluding carboxylic acids is 1. The first-order valence-electron chi connectivity index (χ1n) is 8.25. The third kappa shape index (κ3) is 5.44. The second kappa shape index (κ2) is 9.36. The molecule has 1 amide bonds. The van der Waals surface area contributed by atoms with E-state index in [0.29, 0.717) is 32.5 Å². The maximum absolute atomic E-state index is 12.1. The number of ether oxygens (including phenoxy) is 1. The molecule has 0 unspecified atom stereocenters. The molecule has 0 fully saturated rings. The summed E-state index contributed by atoms with van der Waals surface area (Å²) in [5.74, 6) is 0.0122. The Morgan fingerprint density at radius 1 is 1.08 bits per heavy atom. The Labute approximate surface area is 169 Å². The summed E-state index contributed by atoms with van der Waals surface area (Å²) in [4.78, 5) is 14.3. The van der Waals surface area contributed by atoms with E-state index in [1.165, 1.54) is 12.1 Å². The molecule has 0 saturated carbocycles. The lowest BCUT2D eigenvalue weighted by Gasteiger charge is -2.27. The zero-order chi connectivity index (χ0) is 19.3. The van der Waals surface area contributed by atoms with Gasteiger partial charge in [0.1, 0.15) is 5.75 Å². The van der Waals surface area contributed by atoms with Crippen molar-refractivity contribution in [1.82, 2.24) is 0 Å². The van der Waals surface area contributed by atoms with Gasteiger partial charge in [-0.15, -0.1) is 0 Å². The molecule has 2 aromatic rings. The minimum absolute atomic E-state index is 0.188. The summed E-state index contributed by atoms with van der Waals surface area (Å²) < 4.78 is 5.42. The monoisotopic (exact) mass is 414 g/mol. The van der Waals surface area contributed by atoms with E-state index in [1.54, 1.807) is 0 Å². The van der Waals surface area contributed by atoms with Crippen LogP contribution in [0.25, 0.3) is 0 Å². The highest BCUT2D eigenvalue weighted by Crippen LogP contribution is 2.33. The summed E-state index contributed by atoms with van der Waals surface area (Å²) in [7, 11) is 0. The normalized spacial score (nSPS) is 10.7. The van der Waals surface area contributed by atoms with Gasteiger partial charge < -0.3 is 15.0 Å². The lowest BCUT2D eigenvalue weighted by atomic mass is 10.2. The van der Waals surface area contributed by atoms with Crippen molar-refractivity contribution in [2.24, 2.45) is 0 Å². The van der Waals surface area contributed by atoms with Gasteiger partial charge in [0, 0.05) is 30.0 Å². The van der Waals surface area contributed by atoms with Crippen molar-refractivity contribution in [2.45, 2.75) is 26.8 Å². The predicted octanol–water partition coefficient (Wildman–Crippen LogP) is 5.90. The average molecular weight is 416 g/mol. The molecule has 0 aliphatic rings. The Morgan fingerprint density at radius 2 is 1.69 bits per heavy atom. The molecule has 0 atom stereocenters. The van der Waals surface area contributed by atoms with Gasteiger partial charge in [-0.25, -0.2) is 0 Å². The van der Waals surface area contributed by atoms with Crippen molar-refractivity contribution in [2.75, 3.05) is 23.4 Å². The van der Waals surface area contributed by atoms with Crippen LogP contribution < -0.4 is 15.0 Å². The lowest BCUT2D eigenvalue weighted by molar-refractivity contribution is -0.118. The van der Waals surface area contributed by atoms with Gasteiger partial charge in [0.25, 0.3) is 5.91 Å². The van der Waals surface area contributed by atoms with Crippen LogP contribution in [-0.4, -0.2) is 25.1 Å². The minimum atomic E-state index is -0.295. The van der Waals surface area contributed by atoms with Crippen LogP contribution in [0.2, 0.25) is 15.1 Å². The molecular weight excluding hydrogens is 395 g/mol. The fourth-order valence-electron chi connectivity index (χ4n) is 2.54. The van der Waals surface area contributed by atoms with Crippen molar-refractivity contribution in [3.05, 3.63) is 51.5 Å². The van der Waals surface area contributed by atoms with Crippen molar-refractivity contribution in [1.29, 1.82) is 0 Å². The van der Waals surface area contributed by atoms with Crippen LogP contribution in [0, 0.1) is 0 Å². The number of anilines is 2. The molecule has 0 spiro atoms. The van der Waals surface area contributed by atoms with E-state index < -0.39 is 0 Å². The molecule has 0 radical (unpaired) electrons. The first kappa shape index (κ1) is 20.7.